The number of sulfonamides is 1. The number of aliphatic imine (C=N–C) groups is 1. The first-order chi connectivity index (χ1) is 16.0. The fraction of sp³-hybridized carbons (Fsp3) is 0.217. The Balaban J connectivity index is 1.69. The minimum Gasteiger partial charge on any atom is -0.487 e. The van der Waals surface area contributed by atoms with E-state index in [-0.39, 0.29) is 5.75 Å². The van der Waals surface area contributed by atoms with E-state index >= 15 is 0 Å². The molecule has 3 N–H and O–H groups in total. The summed E-state index contributed by atoms with van der Waals surface area (Å²) in [7, 11) is -3.65. The summed E-state index contributed by atoms with van der Waals surface area (Å²) in [6.07, 6.45) is 1.63. The van der Waals surface area contributed by atoms with E-state index in [9.17, 15) is 8.42 Å². The fourth-order valence-corrected chi connectivity index (χ4v) is 3.89. The summed E-state index contributed by atoms with van der Waals surface area (Å²) in [4.78, 5) is 9.06. The van der Waals surface area contributed by atoms with Gasteiger partial charge in [0.1, 0.15) is 12.4 Å². The number of benzene rings is 2. The molecule has 4 rings (SSSR count). The highest BCUT2D eigenvalue weighted by Gasteiger charge is 2.16. The van der Waals surface area contributed by atoms with Crippen LogP contribution in [0.4, 0.5) is 5.69 Å². The zero-order valence-electron chi connectivity index (χ0n) is 17.8. The van der Waals surface area contributed by atoms with Crippen molar-refractivity contribution in [3.8, 4) is 17.4 Å². The van der Waals surface area contributed by atoms with E-state index in [1.807, 2.05) is 30.3 Å². The van der Waals surface area contributed by atoms with Crippen LogP contribution in [0, 0.1) is 0 Å². The van der Waals surface area contributed by atoms with Crippen molar-refractivity contribution in [3.05, 3.63) is 78.0 Å². The van der Waals surface area contributed by atoms with Gasteiger partial charge >= 0.3 is 0 Å². The van der Waals surface area contributed by atoms with Crippen LogP contribution in [-0.2, 0) is 20.5 Å². The maximum absolute atomic E-state index is 11.5. The Labute approximate surface area is 192 Å². The number of hydrogen-bond donors (Lipinski definition) is 2. The van der Waals surface area contributed by atoms with Crippen molar-refractivity contribution in [2.75, 3.05) is 31.7 Å². The molecular formula is C23H24N4O5S. The second-order valence-electron chi connectivity index (χ2n) is 7.23. The number of primary sulfonamides is 1. The summed E-state index contributed by atoms with van der Waals surface area (Å²) >= 11 is 0. The molecule has 1 aliphatic rings. The number of para-hydroxylation sites is 2. The third-order valence-electron chi connectivity index (χ3n) is 4.63. The molecule has 1 aromatic heterocycles. The number of aromatic nitrogens is 1. The van der Waals surface area contributed by atoms with Crippen molar-refractivity contribution < 1.29 is 22.6 Å². The summed E-state index contributed by atoms with van der Waals surface area (Å²) in [6.45, 7) is 1.58. The summed E-state index contributed by atoms with van der Waals surface area (Å²) in [6, 6.07) is 17.9. The highest BCUT2D eigenvalue weighted by molar-refractivity contribution is 7.88. The van der Waals surface area contributed by atoms with Gasteiger partial charge in [0.2, 0.25) is 15.9 Å². The average molecular weight is 469 g/mol. The largest absolute Gasteiger partial charge is 0.487 e. The molecule has 0 bridgehead atoms. The van der Waals surface area contributed by atoms with Gasteiger partial charge in [-0.2, -0.15) is 0 Å². The Bertz CT molecular complexity index is 1250. The Morgan fingerprint density at radius 2 is 1.82 bits per heavy atom. The Morgan fingerprint density at radius 1 is 0.970 bits per heavy atom. The van der Waals surface area contributed by atoms with E-state index in [4.69, 9.17) is 19.3 Å². The van der Waals surface area contributed by atoms with Crippen molar-refractivity contribution in [1.82, 2.24) is 4.98 Å². The summed E-state index contributed by atoms with van der Waals surface area (Å²) < 4.78 is 40.5. The van der Waals surface area contributed by atoms with E-state index in [0.717, 1.165) is 0 Å². The molecular weight excluding hydrogens is 444 g/mol. The summed E-state index contributed by atoms with van der Waals surface area (Å²) in [5, 5.41) is 8.46. The smallest absolute Gasteiger partial charge is 0.230 e. The van der Waals surface area contributed by atoms with E-state index in [1.165, 1.54) is 0 Å². The first-order valence-corrected chi connectivity index (χ1v) is 12.0. The van der Waals surface area contributed by atoms with Gasteiger partial charge in [-0.15, -0.1) is 0 Å². The van der Waals surface area contributed by atoms with Gasteiger partial charge in [0.15, 0.2) is 11.5 Å². The predicted octanol–water partition coefficient (Wildman–Crippen LogP) is 2.93. The summed E-state index contributed by atoms with van der Waals surface area (Å²) in [5.41, 5.74) is 1.84. The van der Waals surface area contributed by atoms with Crippen molar-refractivity contribution in [1.29, 1.82) is 0 Å². The van der Waals surface area contributed by atoms with Gasteiger partial charge in [-0.3, -0.25) is 4.99 Å². The molecule has 0 saturated heterocycles. The molecule has 0 aliphatic carbocycles. The molecule has 3 aromatic rings. The molecule has 33 heavy (non-hydrogen) atoms. The van der Waals surface area contributed by atoms with Crippen molar-refractivity contribution in [2.24, 2.45) is 10.1 Å². The second kappa shape index (κ2) is 10.4. The number of fused-ring (bicyclic) bond motifs is 2. The molecule has 0 spiro atoms. The van der Waals surface area contributed by atoms with Gasteiger partial charge < -0.3 is 19.5 Å². The normalized spacial score (nSPS) is 14.6. The lowest BCUT2D eigenvalue weighted by molar-refractivity contribution is 0.105. The molecule has 1 aliphatic heterocycles. The minimum atomic E-state index is -3.65. The highest BCUT2D eigenvalue weighted by atomic mass is 32.2. The molecule has 0 fully saturated rings. The molecule has 0 unspecified atom stereocenters. The number of rotatable bonds is 3. The second-order valence-corrected chi connectivity index (χ2v) is 8.84. The Morgan fingerprint density at radius 3 is 2.67 bits per heavy atom. The molecule has 0 saturated carbocycles. The SMILES string of the molecule is NS(=O)(=O)Cc1cccc(NC2=NCCOCCOc3ccccc3Oc3ncccc32)c1. The van der Waals surface area contributed by atoms with Gasteiger partial charge in [-0.25, -0.2) is 18.5 Å². The van der Waals surface area contributed by atoms with Crippen LogP contribution < -0.4 is 19.9 Å². The van der Waals surface area contributed by atoms with E-state index in [2.05, 4.69) is 15.3 Å². The maximum Gasteiger partial charge on any atom is 0.230 e. The van der Waals surface area contributed by atoms with Crippen LogP contribution >= 0.6 is 0 Å². The van der Waals surface area contributed by atoms with Gasteiger partial charge in [0.25, 0.3) is 0 Å². The number of pyridine rings is 1. The topological polar surface area (TPSA) is 125 Å². The molecule has 10 heteroatoms. The van der Waals surface area contributed by atoms with Crippen molar-refractivity contribution >= 4 is 21.5 Å². The predicted molar refractivity (Wildman–Crippen MR) is 125 cm³/mol. The fourth-order valence-electron chi connectivity index (χ4n) is 3.24. The first-order valence-electron chi connectivity index (χ1n) is 10.3. The number of hydrogen-bond acceptors (Lipinski definition) is 8. The van der Waals surface area contributed by atoms with Crippen LogP contribution in [0.3, 0.4) is 0 Å². The first kappa shape index (κ1) is 22.7. The molecule has 172 valence electrons. The quantitative estimate of drug-likeness (QED) is 0.605. The molecule has 0 radical (unpaired) electrons. The monoisotopic (exact) mass is 468 g/mol. The third kappa shape index (κ3) is 6.51. The van der Waals surface area contributed by atoms with Crippen LogP contribution in [0.1, 0.15) is 11.1 Å². The molecule has 2 heterocycles. The Kier molecular flexibility index (Phi) is 7.18. The lowest BCUT2D eigenvalue weighted by Gasteiger charge is -2.16. The zero-order chi connectivity index (χ0) is 23.1. The number of amidine groups is 1. The van der Waals surface area contributed by atoms with Crippen LogP contribution in [-0.4, -0.2) is 45.6 Å². The average Bonchev–Trinajstić information content (AvgIpc) is 2.79. The van der Waals surface area contributed by atoms with Crippen LogP contribution in [0.5, 0.6) is 17.4 Å². The molecule has 0 atom stereocenters. The van der Waals surface area contributed by atoms with Crippen molar-refractivity contribution in [2.45, 2.75) is 5.75 Å². The Hall–Kier alpha value is -3.47. The van der Waals surface area contributed by atoms with Crippen LogP contribution in [0.25, 0.3) is 0 Å². The van der Waals surface area contributed by atoms with Gasteiger partial charge in [0.05, 0.1) is 31.1 Å². The summed E-state index contributed by atoms with van der Waals surface area (Å²) in [5.74, 6) is 1.69. The number of anilines is 1. The maximum atomic E-state index is 11.5. The zero-order valence-corrected chi connectivity index (χ0v) is 18.6. The number of nitrogens with one attached hydrogen (secondary N) is 1. The van der Waals surface area contributed by atoms with E-state index < -0.39 is 10.0 Å². The number of nitrogens with zero attached hydrogens (tertiary/aromatic N) is 2. The highest BCUT2D eigenvalue weighted by Crippen LogP contribution is 2.32. The van der Waals surface area contributed by atoms with Gasteiger partial charge in [-0.1, -0.05) is 24.3 Å². The molecule has 9 nitrogen and oxygen atoms in total. The number of nitrogens with two attached hydrogens (primary N) is 1. The van der Waals surface area contributed by atoms with Crippen LogP contribution in [0.15, 0.2) is 71.9 Å². The van der Waals surface area contributed by atoms with Gasteiger partial charge in [0, 0.05) is 11.9 Å². The van der Waals surface area contributed by atoms with Gasteiger partial charge in [-0.05, 0) is 42.0 Å². The molecule has 2 aromatic carbocycles. The van der Waals surface area contributed by atoms with Crippen molar-refractivity contribution in [3.63, 3.8) is 0 Å². The lowest BCUT2D eigenvalue weighted by atomic mass is 10.2. The standard InChI is InChI=1S/C23H24N4O5S/c24-33(28,29)16-17-5-3-6-18(15-17)27-22-19-7-4-10-26-23(19)32-21-9-2-1-8-20(21)31-14-13-30-12-11-25-22/h1-10,15H,11-14,16H2,(H,25,27)(H2,24,28,29). The number of ether oxygens (including phenoxy) is 3. The molecule has 0 amide bonds. The van der Waals surface area contributed by atoms with E-state index in [0.29, 0.717) is 66.4 Å². The van der Waals surface area contributed by atoms with Crippen LogP contribution in [0.2, 0.25) is 0 Å². The van der Waals surface area contributed by atoms with E-state index in [1.54, 1.807) is 36.5 Å². The lowest BCUT2D eigenvalue weighted by Crippen LogP contribution is -2.18. The third-order valence-corrected chi connectivity index (χ3v) is 5.37. The minimum absolute atomic E-state index is 0.263.